The van der Waals surface area contributed by atoms with Gasteiger partial charge < -0.3 is 10.2 Å². The van der Waals surface area contributed by atoms with Crippen molar-refractivity contribution < 1.29 is 15.0 Å². The van der Waals surface area contributed by atoms with Gasteiger partial charge in [-0.1, -0.05) is 134 Å². The lowest BCUT2D eigenvalue weighted by atomic mass is 9.97. The van der Waals surface area contributed by atoms with Crippen LogP contribution >= 0.6 is 0 Å². The first-order chi connectivity index (χ1) is 17.6. The van der Waals surface area contributed by atoms with E-state index in [4.69, 9.17) is 0 Å². The molecule has 176 valence electrons. The molecular weight excluding hydrogens is 444 g/mol. The summed E-state index contributed by atoms with van der Waals surface area (Å²) in [6, 6.07) is 29.8. The second-order valence-electron chi connectivity index (χ2n) is 8.07. The Morgan fingerprint density at radius 2 is 0.861 bits per heavy atom. The highest BCUT2D eigenvalue weighted by Crippen LogP contribution is 2.31. The van der Waals surface area contributed by atoms with E-state index in [2.05, 4.69) is 0 Å². The Balaban J connectivity index is 1.52. The van der Waals surface area contributed by atoms with Crippen LogP contribution in [0.3, 0.4) is 0 Å². The van der Waals surface area contributed by atoms with Crippen LogP contribution in [-0.4, -0.2) is 16.0 Å². The van der Waals surface area contributed by atoms with Crippen molar-refractivity contribution in [3.63, 3.8) is 0 Å². The predicted octanol–water partition coefficient (Wildman–Crippen LogP) is 7.78. The fourth-order valence-electron chi connectivity index (χ4n) is 3.68. The van der Waals surface area contributed by atoms with Crippen LogP contribution in [0.1, 0.15) is 38.2 Å². The van der Waals surface area contributed by atoms with E-state index in [1.54, 1.807) is 48.6 Å². The number of para-hydroxylation sites is 2. The molecule has 0 aromatic heterocycles. The molecule has 0 fully saturated rings. The molecule has 0 bridgehead atoms. The number of phenolic OH excluding ortho intramolecular Hbond substituents is 2. The number of carbonyl (C=O) groups excluding carboxylic acids is 1. The van der Waals surface area contributed by atoms with Gasteiger partial charge in [0.15, 0.2) is 0 Å². The van der Waals surface area contributed by atoms with Crippen LogP contribution in [0.4, 0.5) is 0 Å². The van der Waals surface area contributed by atoms with E-state index >= 15 is 0 Å². The quantitative estimate of drug-likeness (QED) is 0.204. The van der Waals surface area contributed by atoms with Crippen molar-refractivity contribution >= 4 is 30.1 Å². The smallest absolute Gasteiger partial charge is 0.200 e. The molecule has 3 heteroatoms. The van der Waals surface area contributed by atoms with Gasteiger partial charge in [-0.05, 0) is 23.3 Å². The van der Waals surface area contributed by atoms with E-state index in [0.717, 1.165) is 11.1 Å². The van der Waals surface area contributed by atoms with Gasteiger partial charge in [0, 0.05) is 11.1 Å². The number of hydrogen-bond acceptors (Lipinski definition) is 3. The lowest BCUT2D eigenvalue weighted by molar-refractivity contribution is 0.103. The summed E-state index contributed by atoms with van der Waals surface area (Å²) in [6.07, 6.45) is 14.7. The maximum atomic E-state index is 13.2. The van der Waals surface area contributed by atoms with E-state index in [9.17, 15) is 15.0 Å². The third-order valence-electron chi connectivity index (χ3n) is 5.57. The number of phenols is 2. The van der Waals surface area contributed by atoms with Gasteiger partial charge >= 0.3 is 0 Å². The Kier molecular flexibility index (Phi) is 8.08. The number of benzene rings is 4. The van der Waals surface area contributed by atoms with Crippen molar-refractivity contribution in [1.29, 1.82) is 0 Å². The molecule has 4 rings (SSSR count). The lowest BCUT2D eigenvalue weighted by Gasteiger charge is -2.09. The van der Waals surface area contributed by atoms with E-state index in [-0.39, 0.29) is 22.6 Å². The zero-order valence-electron chi connectivity index (χ0n) is 19.7. The molecule has 4 aromatic rings. The van der Waals surface area contributed by atoms with E-state index < -0.39 is 5.78 Å². The summed E-state index contributed by atoms with van der Waals surface area (Å²) < 4.78 is 0. The summed E-state index contributed by atoms with van der Waals surface area (Å²) in [5, 5.41) is 21.6. The summed E-state index contributed by atoms with van der Waals surface area (Å²) >= 11 is 0. The second kappa shape index (κ2) is 12.0. The van der Waals surface area contributed by atoms with E-state index in [1.165, 1.54) is 0 Å². The highest BCUT2D eigenvalue weighted by molar-refractivity contribution is 6.13. The summed E-state index contributed by atoms with van der Waals surface area (Å²) in [4.78, 5) is 13.2. The lowest BCUT2D eigenvalue weighted by Crippen LogP contribution is -2.03. The Bertz CT molecular complexity index is 1330. The van der Waals surface area contributed by atoms with Crippen LogP contribution in [0.15, 0.2) is 121 Å². The number of hydrogen-bond donors (Lipinski definition) is 2. The minimum atomic E-state index is -0.449. The van der Waals surface area contributed by atoms with Gasteiger partial charge in [-0.3, -0.25) is 4.79 Å². The van der Waals surface area contributed by atoms with Gasteiger partial charge in [0.1, 0.15) is 11.5 Å². The molecule has 0 spiro atoms. The summed E-state index contributed by atoms with van der Waals surface area (Å²) in [7, 11) is 0. The molecule has 4 aromatic carbocycles. The number of allylic oxidation sites excluding steroid dienone is 4. The van der Waals surface area contributed by atoms with Crippen LogP contribution in [0.25, 0.3) is 24.3 Å². The molecule has 0 atom stereocenters. The number of aromatic hydroxyl groups is 2. The van der Waals surface area contributed by atoms with Crippen molar-refractivity contribution in [3.8, 4) is 11.5 Å². The minimum absolute atomic E-state index is 0.127. The third kappa shape index (κ3) is 6.16. The zero-order chi connectivity index (χ0) is 25.2. The molecule has 0 amide bonds. The SMILES string of the molecule is O=C(c1cccc(C=CC=Cc2ccccc2)c1O)c1cccc(C=CC=Cc2ccccc2)c1O. The average Bonchev–Trinajstić information content (AvgIpc) is 2.91. The van der Waals surface area contributed by atoms with Crippen LogP contribution in [-0.2, 0) is 0 Å². The van der Waals surface area contributed by atoms with Gasteiger partial charge in [-0.15, -0.1) is 0 Å². The largest absolute Gasteiger partial charge is 0.507 e. The van der Waals surface area contributed by atoms with Crippen molar-refractivity contribution in [2.75, 3.05) is 0 Å². The standard InChI is InChI=1S/C33H26O3/c34-31-27(19-9-7-17-25-13-3-1-4-14-25)21-11-23-29(31)33(36)30-24-12-22-28(32(30)35)20-10-8-18-26-15-5-2-6-16-26/h1-24,34-35H. The Labute approximate surface area is 211 Å². The molecule has 0 aliphatic heterocycles. The topological polar surface area (TPSA) is 57.5 Å². The number of carbonyl (C=O) groups is 1. The van der Waals surface area contributed by atoms with Crippen LogP contribution in [0.5, 0.6) is 11.5 Å². The monoisotopic (exact) mass is 470 g/mol. The summed E-state index contributed by atoms with van der Waals surface area (Å²) in [5.41, 5.74) is 3.42. The molecule has 3 nitrogen and oxygen atoms in total. The van der Waals surface area contributed by atoms with E-state index in [1.807, 2.05) is 97.1 Å². The van der Waals surface area contributed by atoms with Gasteiger partial charge in [-0.2, -0.15) is 0 Å². The summed E-state index contributed by atoms with van der Waals surface area (Å²) in [6.45, 7) is 0. The molecule has 0 heterocycles. The number of ketones is 1. The Morgan fingerprint density at radius 3 is 1.28 bits per heavy atom. The maximum absolute atomic E-state index is 13.2. The van der Waals surface area contributed by atoms with Gasteiger partial charge in [0.05, 0.1) is 11.1 Å². The van der Waals surface area contributed by atoms with E-state index in [0.29, 0.717) is 11.1 Å². The van der Waals surface area contributed by atoms with Crippen molar-refractivity contribution in [3.05, 3.63) is 155 Å². The van der Waals surface area contributed by atoms with Crippen molar-refractivity contribution in [2.45, 2.75) is 0 Å². The molecule has 0 aliphatic carbocycles. The predicted molar refractivity (Wildman–Crippen MR) is 149 cm³/mol. The second-order valence-corrected chi connectivity index (χ2v) is 8.07. The normalized spacial score (nSPS) is 11.8. The van der Waals surface area contributed by atoms with Crippen LogP contribution in [0, 0.1) is 0 Å². The number of rotatable bonds is 8. The molecular formula is C33H26O3. The highest BCUT2D eigenvalue weighted by Gasteiger charge is 2.19. The molecule has 0 saturated carbocycles. The fraction of sp³-hybridized carbons (Fsp3) is 0. The first-order valence-corrected chi connectivity index (χ1v) is 11.6. The fourth-order valence-corrected chi connectivity index (χ4v) is 3.68. The maximum Gasteiger partial charge on any atom is 0.200 e. The van der Waals surface area contributed by atoms with Crippen LogP contribution in [0.2, 0.25) is 0 Å². The van der Waals surface area contributed by atoms with Crippen molar-refractivity contribution in [1.82, 2.24) is 0 Å². The first-order valence-electron chi connectivity index (χ1n) is 11.6. The zero-order valence-corrected chi connectivity index (χ0v) is 19.7. The average molecular weight is 471 g/mol. The molecule has 0 aliphatic rings. The van der Waals surface area contributed by atoms with Gasteiger partial charge in [0.25, 0.3) is 0 Å². The first kappa shape index (κ1) is 24.2. The molecule has 2 N–H and O–H groups in total. The summed E-state index contributed by atoms with van der Waals surface area (Å²) in [5.74, 6) is -0.703. The molecule has 36 heavy (non-hydrogen) atoms. The Morgan fingerprint density at radius 1 is 0.472 bits per heavy atom. The van der Waals surface area contributed by atoms with Crippen LogP contribution < -0.4 is 0 Å². The van der Waals surface area contributed by atoms with Gasteiger partial charge in [-0.25, -0.2) is 0 Å². The highest BCUT2D eigenvalue weighted by atomic mass is 16.3. The third-order valence-corrected chi connectivity index (χ3v) is 5.57. The molecule has 0 radical (unpaired) electrons. The van der Waals surface area contributed by atoms with Gasteiger partial charge in [0.2, 0.25) is 5.78 Å². The van der Waals surface area contributed by atoms with Crippen molar-refractivity contribution in [2.24, 2.45) is 0 Å². The minimum Gasteiger partial charge on any atom is -0.507 e. The molecule has 0 unspecified atom stereocenters. The molecule has 0 saturated heterocycles. The Hall–Kier alpha value is -4.89.